The lowest BCUT2D eigenvalue weighted by atomic mass is 10.1. The molecule has 6 heteroatoms. The lowest BCUT2D eigenvalue weighted by molar-refractivity contribution is -0.115. The van der Waals surface area contributed by atoms with Crippen LogP contribution in [-0.4, -0.2) is 11.7 Å². The summed E-state index contributed by atoms with van der Waals surface area (Å²) in [6.07, 6.45) is 0. The van der Waals surface area contributed by atoms with E-state index in [1.165, 1.54) is 17.8 Å². The fourth-order valence-corrected chi connectivity index (χ4v) is 3.74. The van der Waals surface area contributed by atoms with Gasteiger partial charge in [-0.05, 0) is 64.6 Å². The van der Waals surface area contributed by atoms with E-state index in [4.69, 9.17) is 0 Å². The molecule has 1 amide bonds. The minimum Gasteiger partial charge on any atom is -0.295 e. The molecular formula is C15H10F2INOS. The average molecular weight is 417 g/mol. The number of halogens is 3. The van der Waals surface area contributed by atoms with Crippen LogP contribution >= 0.6 is 34.4 Å². The third kappa shape index (κ3) is 2.91. The zero-order valence-electron chi connectivity index (χ0n) is 10.7. The number of benzene rings is 2. The fourth-order valence-electron chi connectivity index (χ4n) is 2.22. The van der Waals surface area contributed by atoms with Crippen LogP contribution in [0.2, 0.25) is 0 Å². The second-order valence-electron chi connectivity index (χ2n) is 4.58. The molecule has 0 aliphatic carbocycles. The summed E-state index contributed by atoms with van der Waals surface area (Å²) in [5.41, 5.74) is 1.35. The molecule has 0 radical (unpaired) electrons. The Balaban J connectivity index is 1.99. The fraction of sp³-hybridized carbons (Fsp3) is 0.133. The minimum absolute atomic E-state index is 0.0315. The normalized spacial score (nSPS) is 18.3. The standard InChI is InChI=1S/C15H10F2INOS/c16-12-6-1-9(7-13(12)17)15-19(14(20)8-21-15)11-4-2-10(18)3-5-11/h1-7,15H,8H2/t15-/m1/s1. The quantitative estimate of drug-likeness (QED) is 0.678. The number of carbonyl (C=O) groups excluding carboxylic acids is 1. The molecule has 1 aliphatic heterocycles. The van der Waals surface area contributed by atoms with Crippen LogP contribution in [-0.2, 0) is 4.79 Å². The van der Waals surface area contributed by atoms with Gasteiger partial charge in [-0.1, -0.05) is 6.07 Å². The van der Waals surface area contributed by atoms with Crippen LogP contribution in [0, 0.1) is 15.2 Å². The lowest BCUT2D eigenvalue weighted by Crippen LogP contribution is -2.27. The SMILES string of the molecule is O=C1CS[C@H](c2ccc(F)c(F)c2)N1c1ccc(I)cc1. The highest BCUT2D eigenvalue weighted by Crippen LogP contribution is 2.42. The highest BCUT2D eigenvalue weighted by molar-refractivity contribution is 14.1. The zero-order chi connectivity index (χ0) is 15.0. The molecule has 1 fully saturated rings. The molecule has 1 aliphatic rings. The van der Waals surface area contributed by atoms with Crippen molar-refractivity contribution >= 4 is 45.9 Å². The highest BCUT2D eigenvalue weighted by atomic mass is 127. The largest absolute Gasteiger partial charge is 0.295 e. The van der Waals surface area contributed by atoms with Crippen molar-refractivity contribution in [3.63, 3.8) is 0 Å². The maximum absolute atomic E-state index is 13.4. The lowest BCUT2D eigenvalue weighted by Gasteiger charge is -2.24. The summed E-state index contributed by atoms with van der Waals surface area (Å²) in [6, 6.07) is 11.3. The van der Waals surface area contributed by atoms with Gasteiger partial charge in [0, 0.05) is 9.26 Å². The van der Waals surface area contributed by atoms with Crippen LogP contribution in [0.15, 0.2) is 42.5 Å². The van der Waals surface area contributed by atoms with Crippen molar-refractivity contribution < 1.29 is 13.6 Å². The predicted octanol–water partition coefficient (Wildman–Crippen LogP) is 4.35. The Labute approximate surface area is 138 Å². The summed E-state index contributed by atoms with van der Waals surface area (Å²) in [4.78, 5) is 13.8. The van der Waals surface area contributed by atoms with Crippen molar-refractivity contribution in [1.82, 2.24) is 0 Å². The molecule has 0 aromatic heterocycles. The van der Waals surface area contributed by atoms with Gasteiger partial charge < -0.3 is 0 Å². The summed E-state index contributed by atoms with van der Waals surface area (Å²) in [5.74, 6) is -1.48. The molecule has 0 unspecified atom stereocenters. The van der Waals surface area contributed by atoms with E-state index in [9.17, 15) is 13.6 Å². The second-order valence-corrected chi connectivity index (χ2v) is 6.89. The van der Waals surface area contributed by atoms with Gasteiger partial charge in [0.25, 0.3) is 0 Å². The summed E-state index contributed by atoms with van der Waals surface area (Å²) in [5, 5.41) is -0.326. The van der Waals surface area contributed by atoms with E-state index in [-0.39, 0.29) is 11.3 Å². The first-order chi connectivity index (χ1) is 10.1. The average Bonchev–Trinajstić information content (AvgIpc) is 2.85. The minimum atomic E-state index is -0.894. The first-order valence-corrected chi connectivity index (χ1v) is 8.33. The van der Waals surface area contributed by atoms with Crippen LogP contribution in [0.25, 0.3) is 0 Å². The van der Waals surface area contributed by atoms with Crippen molar-refractivity contribution in [3.05, 3.63) is 63.2 Å². The van der Waals surface area contributed by atoms with Gasteiger partial charge in [0.05, 0.1) is 5.75 Å². The Morgan fingerprint density at radius 1 is 1.10 bits per heavy atom. The van der Waals surface area contributed by atoms with Crippen LogP contribution in [0.4, 0.5) is 14.5 Å². The van der Waals surface area contributed by atoms with Gasteiger partial charge in [-0.2, -0.15) is 0 Å². The van der Waals surface area contributed by atoms with Crippen molar-refractivity contribution in [2.24, 2.45) is 0 Å². The molecule has 0 N–H and O–H groups in total. The molecule has 0 spiro atoms. The molecule has 108 valence electrons. The van der Waals surface area contributed by atoms with Gasteiger partial charge in [-0.25, -0.2) is 8.78 Å². The highest BCUT2D eigenvalue weighted by Gasteiger charge is 2.34. The van der Waals surface area contributed by atoms with E-state index >= 15 is 0 Å². The maximum atomic E-state index is 13.4. The number of rotatable bonds is 2. The van der Waals surface area contributed by atoms with E-state index in [1.807, 2.05) is 24.3 Å². The van der Waals surface area contributed by atoms with Crippen molar-refractivity contribution in [1.29, 1.82) is 0 Å². The molecule has 21 heavy (non-hydrogen) atoms. The summed E-state index contributed by atoms with van der Waals surface area (Å²) >= 11 is 3.60. The topological polar surface area (TPSA) is 20.3 Å². The Kier molecular flexibility index (Phi) is 4.17. The smallest absolute Gasteiger partial charge is 0.238 e. The molecule has 1 heterocycles. The third-order valence-electron chi connectivity index (χ3n) is 3.20. The summed E-state index contributed by atoms with van der Waals surface area (Å²) < 4.78 is 27.6. The molecular weight excluding hydrogens is 407 g/mol. The third-order valence-corrected chi connectivity index (χ3v) is 5.13. The Hall–Kier alpha value is -1.15. The number of thioether (sulfide) groups is 1. The molecule has 0 saturated carbocycles. The van der Waals surface area contributed by atoms with Crippen molar-refractivity contribution in [3.8, 4) is 0 Å². The zero-order valence-corrected chi connectivity index (χ0v) is 13.7. The second kappa shape index (κ2) is 5.92. The van der Waals surface area contributed by atoms with Gasteiger partial charge in [-0.15, -0.1) is 11.8 Å². The van der Waals surface area contributed by atoms with Crippen LogP contribution in [0.1, 0.15) is 10.9 Å². The number of nitrogens with zero attached hydrogens (tertiary/aromatic N) is 1. The van der Waals surface area contributed by atoms with Gasteiger partial charge >= 0.3 is 0 Å². The van der Waals surface area contributed by atoms with Gasteiger partial charge in [0.2, 0.25) is 5.91 Å². The summed E-state index contributed by atoms with van der Waals surface area (Å²) in [6.45, 7) is 0. The Morgan fingerprint density at radius 3 is 2.48 bits per heavy atom. The van der Waals surface area contributed by atoms with E-state index in [2.05, 4.69) is 22.6 Å². The number of carbonyl (C=O) groups is 1. The van der Waals surface area contributed by atoms with E-state index < -0.39 is 11.6 Å². The van der Waals surface area contributed by atoms with Gasteiger partial charge in [0.15, 0.2) is 11.6 Å². The van der Waals surface area contributed by atoms with Crippen molar-refractivity contribution in [2.75, 3.05) is 10.7 Å². The van der Waals surface area contributed by atoms with E-state index in [0.717, 1.165) is 21.4 Å². The molecule has 2 aromatic rings. The molecule has 2 aromatic carbocycles. The number of hydrogen-bond acceptors (Lipinski definition) is 2. The number of anilines is 1. The first kappa shape index (κ1) is 14.8. The number of hydrogen-bond donors (Lipinski definition) is 0. The first-order valence-electron chi connectivity index (χ1n) is 6.20. The van der Waals surface area contributed by atoms with Crippen LogP contribution in [0.5, 0.6) is 0 Å². The maximum Gasteiger partial charge on any atom is 0.238 e. The van der Waals surface area contributed by atoms with Crippen LogP contribution in [0.3, 0.4) is 0 Å². The van der Waals surface area contributed by atoms with Gasteiger partial charge in [0.1, 0.15) is 5.37 Å². The molecule has 1 saturated heterocycles. The number of amides is 1. The Morgan fingerprint density at radius 2 is 1.81 bits per heavy atom. The molecule has 0 bridgehead atoms. The van der Waals surface area contributed by atoms with Gasteiger partial charge in [-0.3, -0.25) is 9.69 Å². The summed E-state index contributed by atoms with van der Waals surface area (Å²) in [7, 11) is 0. The monoisotopic (exact) mass is 417 g/mol. The molecule has 1 atom stereocenters. The van der Waals surface area contributed by atoms with Crippen LogP contribution < -0.4 is 4.90 Å². The molecule has 3 rings (SSSR count). The Bertz CT molecular complexity index is 693. The predicted molar refractivity (Wildman–Crippen MR) is 88.2 cm³/mol. The van der Waals surface area contributed by atoms with E-state index in [0.29, 0.717) is 11.3 Å². The van der Waals surface area contributed by atoms with Crippen molar-refractivity contribution in [2.45, 2.75) is 5.37 Å². The van der Waals surface area contributed by atoms with E-state index in [1.54, 1.807) is 4.90 Å². The molecule has 2 nitrogen and oxygen atoms in total.